The molecular weight excluding hydrogens is 146 g/mol. The number of hydrogen-bond acceptors (Lipinski definition) is 2. The number of nitrogens with one attached hydrogen (secondary N) is 1. The Balaban J connectivity index is 3.14. The van der Waals surface area contributed by atoms with E-state index in [1.54, 1.807) is 0 Å². The molecule has 0 aromatic carbocycles. The highest BCUT2D eigenvalue weighted by molar-refractivity contribution is 8.13. The van der Waals surface area contributed by atoms with E-state index in [4.69, 9.17) is 18.0 Å². The van der Waals surface area contributed by atoms with Crippen LogP contribution in [0.1, 0.15) is 12.8 Å². The van der Waals surface area contributed by atoms with Crippen LogP contribution in [0.5, 0.6) is 0 Å². The topological polar surface area (TPSA) is 66.0 Å². The molecule has 0 aromatic heterocycles. The SMILES string of the molecule is C#CCCCSC(N)=[NH+]N. The van der Waals surface area contributed by atoms with Gasteiger partial charge >= 0.3 is 5.17 Å². The fraction of sp³-hybridized carbons (Fsp3) is 0.500. The highest BCUT2D eigenvalue weighted by atomic mass is 32.2. The predicted molar refractivity (Wildman–Crippen MR) is 44.9 cm³/mol. The first kappa shape index (κ1) is 9.18. The molecule has 0 fully saturated rings. The Labute approximate surface area is 65.2 Å². The van der Waals surface area contributed by atoms with Crippen LogP contribution in [-0.2, 0) is 0 Å². The molecule has 4 heteroatoms. The number of hydrogen-bond donors (Lipinski definition) is 3. The summed E-state index contributed by atoms with van der Waals surface area (Å²) < 4.78 is 0. The summed E-state index contributed by atoms with van der Waals surface area (Å²) in [5.74, 6) is 8.47. The normalized spacial score (nSPS) is 10.9. The van der Waals surface area contributed by atoms with E-state index in [2.05, 4.69) is 11.0 Å². The third-order valence-corrected chi connectivity index (χ3v) is 1.79. The van der Waals surface area contributed by atoms with Gasteiger partial charge in [0.1, 0.15) is 0 Å². The molecule has 5 N–H and O–H groups in total. The van der Waals surface area contributed by atoms with E-state index >= 15 is 0 Å². The molecule has 0 aliphatic heterocycles. The number of thioether (sulfide) groups is 1. The summed E-state index contributed by atoms with van der Waals surface area (Å²) >= 11 is 1.48. The lowest BCUT2D eigenvalue weighted by Gasteiger charge is -1.90. The van der Waals surface area contributed by atoms with E-state index in [-0.39, 0.29) is 0 Å². The first-order valence-electron chi connectivity index (χ1n) is 2.96. The summed E-state index contributed by atoms with van der Waals surface area (Å²) in [6.45, 7) is 0. The highest BCUT2D eigenvalue weighted by Crippen LogP contribution is 2.00. The van der Waals surface area contributed by atoms with Gasteiger partial charge in [-0.25, -0.2) is 0 Å². The Bertz CT molecular complexity index is 148. The van der Waals surface area contributed by atoms with E-state index < -0.39 is 0 Å². The van der Waals surface area contributed by atoms with E-state index in [0.29, 0.717) is 5.17 Å². The van der Waals surface area contributed by atoms with Crippen molar-refractivity contribution in [2.45, 2.75) is 12.8 Å². The molecule has 0 bridgehead atoms. The molecule has 56 valence electrons. The molecule has 0 aliphatic rings. The maximum Gasteiger partial charge on any atom is 0.324 e. The van der Waals surface area contributed by atoms with Crippen LogP contribution in [0.3, 0.4) is 0 Å². The van der Waals surface area contributed by atoms with Crippen molar-refractivity contribution >= 4 is 16.9 Å². The quantitative estimate of drug-likeness (QED) is 0.116. The Kier molecular flexibility index (Phi) is 5.79. The van der Waals surface area contributed by atoms with Crippen LogP contribution in [0.2, 0.25) is 0 Å². The van der Waals surface area contributed by atoms with Crippen molar-refractivity contribution in [1.29, 1.82) is 0 Å². The van der Waals surface area contributed by atoms with Gasteiger partial charge in [0.25, 0.3) is 0 Å². The first-order chi connectivity index (χ1) is 4.81. The van der Waals surface area contributed by atoms with Crippen molar-refractivity contribution in [2.75, 3.05) is 5.75 Å². The van der Waals surface area contributed by atoms with Crippen LogP contribution in [0, 0.1) is 12.3 Å². The van der Waals surface area contributed by atoms with E-state index in [9.17, 15) is 0 Å². The molecule has 0 heterocycles. The number of hydrazone groups is 1. The smallest absolute Gasteiger partial charge is 0.280 e. The molecule has 0 unspecified atom stereocenters. The van der Waals surface area contributed by atoms with Crippen molar-refractivity contribution in [2.24, 2.45) is 11.6 Å². The third kappa shape index (κ3) is 5.32. The lowest BCUT2D eigenvalue weighted by molar-refractivity contribution is -0.467. The summed E-state index contributed by atoms with van der Waals surface area (Å²) in [7, 11) is 0. The molecule has 0 rings (SSSR count). The van der Waals surface area contributed by atoms with Gasteiger partial charge in [-0.05, 0) is 18.2 Å². The maximum atomic E-state index is 5.35. The molecule has 0 amide bonds. The lowest BCUT2D eigenvalue weighted by atomic mass is 10.4. The average Bonchev–Trinajstić information content (AvgIpc) is 1.98. The fourth-order valence-electron chi connectivity index (χ4n) is 0.398. The molecule has 0 spiro atoms. The van der Waals surface area contributed by atoms with E-state index in [1.807, 2.05) is 0 Å². The number of unbranched alkanes of at least 4 members (excludes halogenated alkanes) is 1. The minimum atomic E-state index is 0.539. The second-order valence-electron chi connectivity index (χ2n) is 1.66. The zero-order valence-corrected chi connectivity index (χ0v) is 6.58. The molecule has 0 aliphatic carbocycles. The zero-order chi connectivity index (χ0) is 7.82. The summed E-state index contributed by atoms with van der Waals surface area (Å²) in [4.78, 5) is 0. The fourth-order valence-corrected chi connectivity index (χ4v) is 0.990. The summed E-state index contributed by atoms with van der Waals surface area (Å²) in [5, 5.41) is 2.89. The number of amidine groups is 1. The van der Waals surface area contributed by atoms with E-state index in [1.165, 1.54) is 11.8 Å². The first-order valence-corrected chi connectivity index (χ1v) is 3.95. The van der Waals surface area contributed by atoms with Crippen LogP contribution in [0.15, 0.2) is 0 Å². The Morgan fingerprint density at radius 3 is 2.90 bits per heavy atom. The monoisotopic (exact) mass is 158 g/mol. The van der Waals surface area contributed by atoms with Gasteiger partial charge < -0.3 is 0 Å². The Morgan fingerprint density at radius 2 is 2.40 bits per heavy atom. The largest absolute Gasteiger partial charge is 0.324 e. The average molecular weight is 158 g/mol. The Morgan fingerprint density at radius 1 is 1.70 bits per heavy atom. The minimum absolute atomic E-state index is 0.539. The van der Waals surface area contributed by atoms with Gasteiger partial charge in [0, 0.05) is 12.2 Å². The molecule has 0 saturated heterocycles. The summed E-state index contributed by atoms with van der Waals surface area (Å²) in [6, 6.07) is 0. The van der Waals surface area contributed by atoms with Crippen molar-refractivity contribution in [3.05, 3.63) is 0 Å². The molecule has 3 nitrogen and oxygen atoms in total. The number of nitrogens with two attached hydrogens (primary N) is 2. The van der Waals surface area contributed by atoms with Crippen LogP contribution in [0.4, 0.5) is 0 Å². The van der Waals surface area contributed by atoms with Gasteiger partial charge in [-0.15, -0.1) is 12.3 Å². The maximum absolute atomic E-state index is 5.35. The number of rotatable bonds is 3. The van der Waals surface area contributed by atoms with Crippen molar-refractivity contribution < 1.29 is 5.10 Å². The predicted octanol–water partition coefficient (Wildman–Crippen LogP) is -1.60. The van der Waals surface area contributed by atoms with E-state index in [0.717, 1.165) is 18.6 Å². The number of terminal acetylenes is 1. The minimum Gasteiger partial charge on any atom is -0.280 e. The van der Waals surface area contributed by atoms with Gasteiger partial charge in [0.2, 0.25) is 0 Å². The highest BCUT2D eigenvalue weighted by Gasteiger charge is 1.96. The van der Waals surface area contributed by atoms with Gasteiger partial charge in [0.05, 0.1) is 0 Å². The molecule has 0 aromatic rings. The van der Waals surface area contributed by atoms with Crippen LogP contribution >= 0.6 is 11.8 Å². The molecule has 0 radical (unpaired) electrons. The standard InChI is InChI=1S/C6H11N3S/c1-2-3-4-5-10-6(7)9-8/h1H,3-5,8H2,(H2,7,9)/p+1. The molecule has 10 heavy (non-hydrogen) atoms. The Hall–Kier alpha value is -0.820. The molecule has 0 atom stereocenters. The molecular formula is C6H12N3S+. The van der Waals surface area contributed by atoms with Gasteiger partial charge in [-0.2, -0.15) is 5.10 Å². The van der Waals surface area contributed by atoms with Crippen molar-refractivity contribution in [3.63, 3.8) is 0 Å². The van der Waals surface area contributed by atoms with Crippen LogP contribution in [0.25, 0.3) is 0 Å². The number of hydrazine groups is 1. The van der Waals surface area contributed by atoms with Crippen LogP contribution in [-0.4, -0.2) is 10.9 Å². The molecule has 0 saturated carbocycles. The lowest BCUT2D eigenvalue weighted by Crippen LogP contribution is -2.81. The van der Waals surface area contributed by atoms with Gasteiger partial charge in [0.15, 0.2) is 0 Å². The van der Waals surface area contributed by atoms with Crippen molar-refractivity contribution in [1.82, 2.24) is 0 Å². The van der Waals surface area contributed by atoms with Crippen LogP contribution < -0.4 is 16.7 Å². The van der Waals surface area contributed by atoms with Gasteiger partial charge in [-0.3, -0.25) is 11.6 Å². The second-order valence-corrected chi connectivity index (χ2v) is 2.80. The summed E-state index contributed by atoms with van der Waals surface area (Å²) in [6.07, 6.45) is 6.81. The zero-order valence-electron chi connectivity index (χ0n) is 5.76. The second kappa shape index (κ2) is 6.30. The van der Waals surface area contributed by atoms with Crippen molar-refractivity contribution in [3.8, 4) is 12.3 Å². The summed E-state index contributed by atoms with van der Waals surface area (Å²) in [5.41, 5.74) is 5.35. The third-order valence-electron chi connectivity index (χ3n) is 0.865. The van der Waals surface area contributed by atoms with Gasteiger partial charge in [-0.1, -0.05) is 0 Å².